The average Bonchev–Trinajstić information content (AvgIpc) is 2.82. The minimum absolute atomic E-state index is 0.0668. The summed E-state index contributed by atoms with van der Waals surface area (Å²) in [5.41, 5.74) is 3.13. The molecule has 0 amide bonds. The van der Waals surface area contributed by atoms with Crippen LogP contribution in [-0.2, 0) is 23.0 Å². The van der Waals surface area contributed by atoms with Gasteiger partial charge in [-0.3, -0.25) is 14.2 Å². The van der Waals surface area contributed by atoms with Gasteiger partial charge in [0, 0.05) is 38.1 Å². The molecule has 3 aromatic rings. The van der Waals surface area contributed by atoms with E-state index in [1.54, 1.807) is 34.8 Å². The Bertz CT molecular complexity index is 1060. The Morgan fingerprint density at radius 1 is 0.935 bits per heavy atom. The molecule has 0 radical (unpaired) electrons. The number of benzene rings is 2. The molecule has 1 fully saturated rings. The summed E-state index contributed by atoms with van der Waals surface area (Å²) >= 11 is 0. The molecule has 31 heavy (non-hydrogen) atoms. The summed E-state index contributed by atoms with van der Waals surface area (Å²) in [5, 5.41) is 0. The number of likely N-dealkylation sites (tertiary alicyclic amines) is 1. The number of sulfonamides is 1. The monoisotopic (exact) mass is 435 g/mol. The van der Waals surface area contributed by atoms with E-state index in [1.807, 2.05) is 42.6 Å². The van der Waals surface area contributed by atoms with E-state index in [0.717, 1.165) is 44.6 Å². The van der Waals surface area contributed by atoms with Crippen LogP contribution in [0.4, 0.5) is 5.69 Å². The van der Waals surface area contributed by atoms with Crippen molar-refractivity contribution in [3.05, 3.63) is 90.3 Å². The maximum atomic E-state index is 13.7. The number of aromatic nitrogens is 1. The summed E-state index contributed by atoms with van der Waals surface area (Å²) in [7, 11) is -3.64. The molecular formula is C25H29N3O2S. The summed E-state index contributed by atoms with van der Waals surface area (Å²) in [6.07, 6.45) is 6.20. The zero-order valence-corrected chi connectivity index (χ0v) is 18.7. The molecule has 6 heteroatoms. The molecule has 2 aromatic carbocycles. The van der Waals surface area contributed by atoms with Gasteiger partial charge in [-0.05, 0) is 60.7 Å². The van der Waals surface area contributed by atoms with E-state index >= 15 is 0 Å². The topological polar surface area (TPSA) is 53.5 Å². The van der Waals surface area contributed by atoms with E-state index in [1.165, 1.54) is 11.1 Å². The predicted molar refractivity (Wildman–Crippen MR) is 124 cm³/mol. The van der Waals surface area contributed by atoms with Crippen LogP contribution >= 0.6 is 0 Å². The number of piperidine rings is 1. The molecular weight excluding hydrogens is 406 g/mol. The van der Waals surface area contributed by atoms with Crippen LogP contribution in [0.1, 0.15) is 30.9 Å². The predicted octanol–water partition coefficient (Wildman–Crippen LogP) is 4.50. The number of hydrogen-bond acceptors (Lipinski definition) is 4. The van der Waals surface area contributed by atoms with Crippen LogP contribution in [0.5, 0.6) is 0 Å². The van der Waals surface area contributed by atoms with Crippen LogP contribution in [0.15, 0.2) is 84.0 Å². The molecule has 2 heterocycles. The van der Waals surface area contributed by atoms with Crippen molar-refractivity contribution in [3.63, 3.8) is 0 Å². The van der Waals surface area contributed by atoms with Crippen molar-refractivity contribution >= 4 is 15.7 Å². The highest BCUT2D eigenvalue weighted by molar-refractivity contribution is 7.92. The molecule has 4 rings (SSSR count). The summed E-state index contributed by atoms with van der Waals surface area (Å²) in [4.78, 5) is 6.91. The van der Waals surface area contributed by atoms with Crippen LogP contribution in [0, 0.1) is 0 Å². The zero-order chi connectivity index (χ0) is 21.7. The van der Waals surface area contributed by atoms with Crippen molar-refractivity contribution in [1.29, 1.82) is 0 Å². The maximum absolute atomic E-state index is 13.7. The summed E-state index contributed by atoms with van der Waals surface area (Å²) in [6, 6.07) is 20.7. The Balaban J connectivity index is 1.58. The fraction of sp³-hybridized carbons (Fsp3) is 0.320. The number of hydrogen-bond donors (Lipinski definition) is 0. The van der Waals surface area contributed by atoms with Crippen molar-refractivity contribution in [2.45, 2.75) is 43.7 Å². The lowest BCUT2D eigenvalue weighted by molar-refractivity contribution is 0.206. The second kappa shape index (κ2) is 9.62. The third kappa shape index (κ3) is 4.97. The van der Waals surface area contributed by atoms with Gasteiger partial charge in [0.1, 0.15) is 0 Å². The minimum Gasteiger partial charge on any atom is -0.299 e. The van der Waals surface area contributed by atoms with E-state index in [4.69, 9.17) is 0 Å². The molecule has 162 valence electrons. The lowest BCUT2D eigenvalue weighted by atomic mass is 10.0. The van der Waals surface area contributed by atoms with Gasteiger partial charge < -0.3 is 0 Å². The third-order valence-corrected chi connectivity index (χ3v) is 7.81. The van der Waals surface area contributed by atoms with Crippen LogP contribution in [-0.4, -0.2) is 37.4 Å². The van der Waals surface area contributed by atoms with Gasteiger partial charge in [0.25, 0.3) is 10.0 Å². The Hall–Kier alpha value is -2.70. The standard InChI is InChI=1S/C25H29N3O2S/c1-2-21-10-12-23(13-11-21)28(31(29,30)25-8-4-3-5-9-25)24-14-17-27(18-15-24)20-22-7-6-16-26-19-22/h3-13,16,19,24H,2,14-15,17-18,20H2,1H3. The number of pyridine rings is 1. The van der Waals surface area contributed by atoms with Gasteiger partial charge in [0.05, 0.1) is 10.6 Å². The normalized spacial score (nSPS) is 15.6. The van der Waals surface area contributed by atoms with Gasteiger partial charge in [-0.25, -0.2) is 8.42 Å². The second-order valence-corrected chi connectivity index (χ2v) is 9.82. The molecule has 1 aliphatic heterocycles. The van der Waals surface area contributed by atoms with Crippen LogP contribution < -0.4 is 4.31 Å². The van der Waals surface area contributed by atoms with Gasteiger partial charge >= 0.3 is 0 Å². The molecule has 1 aliphatic rings. The highest BCUT2D eigenvalue weighted by atomic mass is 32.2. The average molecular weight is 436 g/mol. The highest BCUT2D eigenvalue weighted by Gasteiger charge is 2.34. The molecule has 0 saturated carbocycles. The van der Waals surface area contributed by atoms with Crippen LogP contribution in [0.2, 0.25) is 0 Å². The first-order valence-corrected chi connectivity index (χ1v) is 12.3. The van der Waals surface area contributed by atoms with Crippen molar-refractivity contribution in [2.24, 2.45) is 0 Å². The van der Waals surface area contributed by atoms with Crippen molar-refractivity contribution in [3.8, 4) is 0 Å². The van der Waals surface area contributed by atoms with Gasteiger partial charge in [-0.15, -0.1) is 0 Å². The fourth-order valence-corrected chi connectivity index (χ4v) is 5.92. The summed E-state index contributed by atoms with van der Waals surface area (Å²) in [6.45, 7) is 4.66. The molecule has 0 bridgehead atoms. The molecule has 0 aliphatic carbocycles. The van der Waals surface area contributed by atoms with Gasteiger partial charge in [0.15, 0.2) is 0 Å². The van der Waals surface area contributed by atoms with Crippen LogP contribution in [0.3, 0.4) is 0 Å². The quantitative estimate of drug-likeness (QED) is 0.548. The van der Waals surface area contributed by atoms with Crippen molar-refractivity contribution < 1.29 is 8.42 Å². The summed E-state index contributed by atoms with van der Waals surface area (Å²) in [5.74, 6) is 0. The first kappa shape index (κ1) is 21.5. The smallest absolute Gasteiger partial charge is 0.264 e. The zero-order valence-electron chi connectivity index (χ0n) is 17.9. The van der Waals surface area contributed by atoms with Gasteiger partial charge in [-0.1, -0.05) is 43.3 Å². The van der Waals surface area contributed by atoms with E-state index in [0.29, 0.717) is 4.90 Å². The highest BCUT2D eigenvalue weighted by Crippen LogP contribution is 2.31. The molecule has 1 aromatic heterocycles. The Morgan fingerprint density at radius 2 is 1.65 bits per heavy atom. The molecule has 0 unspecified atom stereocenters. The lowest BCUT2D eigenvalue weighted by Gasteiger charge is -2.39. The van der Waals surface area contributed by atoms with Crippen molar-refractivity contribution in [1.82, 2.24) is 9.88 Å². The SMILES string of the molecule is CCc1ccc(N(C2CCN(Cc3cccnc3)CC2)S(=O)(=O)c2ccccc2)cc1. The van der Waals surface area contributed by atoms with Crippen molar-refractivity contribution in [2.75, 3.05) is 17.4 Å². The van der Waals surface area contributed by atoms with E-state index in [-0.39, 0.29) is 6.04 Å². The molecule has 1 saturated heterocycles. The maximum Gasteiger partial charge on any atom is 0.264 e. The van der Waals surface area contributed by atoms with Gasteiger partial charge in [0.2, 0.25) is 0 Å². The first-order valence-electron chi connectivity index (χ1n) is 10.9. The summed E-state index contributed by atoms with van der Waals surface area (Å²) < 4.78 is 29.0. The number of aryl methyl sites for hydroxylation is 1. The van der Waals surface area contributed by atoms with Gasteiger partial charge in [-0.2, -0.15) is 0 Å². The first-order chi connectivity index (χ1) is 15.1. The largest absolute Gasteiger partial charge is 0.299 e. The minimum atomic E-state index is -3.64. The number of anilines is 1. The molecule has 0 spiro atoms. The number of rotatable bonds is 7. The molecule has 0 atom stereocenters. The second-order valence-electron chi connectivity index (χ2n) is 8.00. The van der Waals surface area contributed by atoms with E-state index in [9.17, 15) is 8.42 Å². The third-order valence-electron chi connectivity index (χ3n) is 5.92. The molecule has 5 nitrogen and oxygen atoms in total. The Kier molecular flexibility index (Phi) is 6.68. The van der Waals surface area contributed by atoms with E-state index in [2.05, 4.69) is 22.9 Å². The Labute approximate surface area is 185 Å². The van der Waals surface area contributed by atoms with E-state index < -0.39 is 10.0 Å². The lowest BCUT2D eigenvalue weighted by Crippen LogP contribution is -2.47. The molecule has 0 N–H and O–H groups in total. The number of nitrogens with zero attached hydrogens (tertiary/aromatic N) is 3. The Morgan fingerprint density at radius 3 is 2.26 bits per heavy atom. The van der Waals surface area contributed by atoms with Crippen LogP contribution in [0.25, 0.3) is 0 Å². The fourth-order valence-electron chi connectivity index (χ4n) is 4.19.